The van der Waals surface area contributed by atoms with E-state index in [0.717, 1.165) is 52.9 Å². The molecular weight excluding hydrogens is 677 g/mol. The first-order valence-corrected chi connectivity index (χ1v) is 19.3. The van der Waals surface area contributed by atoms with Gasteiger partial charge in [0.25, 0.3) is 0 Å². The van der Waals surface area contributed by atoms with Gasteiger partial charge in [-0.1, -0.05) is 91.7 Å². The van der Waals surface area contributed by atoms with Crippen LogP contribution in [0.4, 0.5) is 11.4 Å². The fourth-order valence-electron chi connectivity index (χ4n) is 7.51. The third-order valence-corrected chi connectivity index (χ3v) is 10.5. The van der Waals surface area contributed by atoms with Gasteiger partial charge < -0.3 is 30.9 Å². The molecule has 1 aliphatic carbocycles. The number of nitrogens with one attached hydrogen (secondary N) is 2. The van der Waals surface area contributed by atoms with E-state index in [1.54, 1.807) is 12.1 Å². The maximum Gasteiger partial charge on any atom is 0.224 e. The lowest BCUT2D eigenvalue weighted by Gasteiger charge is -2.39. The second-order valence-electron chi connectivity index (χ2n) is 14.5. The van der Waals surface area contributed by atoms with Crippen LogP contribution in [0, 0.1) is 0 Å². The molecular formula is C45H54N4O5. The summed E-state index contributed by atoms with van der Waals surface area (Å²) in [6.45, 7) is 6.11. The minimum atomic E-state index is -0.551. The Hall–Kier alpha value is -4.80. The summed E-state index contributed by atoms with van der Waals surface area (Å²) in [5, 5.41) is 15.5. The van der Waals surface area contributed by atoms with Crippen LogP contribution in [-0.2, 0) is 32.2 Å². The highest BCUT2D eigenvalue weighted by Crippen LogP contribution is 2.39. The Bertz CT molecular complexity index is 1840. The summed E-state index contributed by atoms with van der Waals surface area (Å²) in [6, 6.07) is 32.3. The first-order valence-electron chi connectivity index (χ1n) is 19.3. The zero-order valence-corrected chi connectivity index (χ0v) is 31.1. The van der Waals surface area contributed by atoms with Crippen molar-refractivity contribution in [3.8, 4) is 11.1 Å². The fraction of sp³-hybridized carbons (Fsp3) is 0.378. The maximum absolute atomic E-state index is 12.7. The van der Waals surface area contributed by atoms with Gasteiger partial charge in [-0.2, -0.15) is 0 Å². The molecule has 5 N–H and O–H groups in total. The van der Waals surface area contributed by atoms with Gasteiger partial charge >= 0.3 is 0 Å². The number of nitrogens with two attached hydrogens (primary N) is 1. The number of ether oxygens (including phenoxy) is 2. The summed E-state index contributed by atoms with van der Waals surface area (Å²) in [5.41, 5.74) is 13.0. The first kappa shape index (κ1) is 38.9. The van der Waals surface area contributed by atoms with Gasteiger partial charge in [0.1, 0.15) is 0 Å². The van der Waals surface area contributed by atoms with E-state index in [4.69, 9.17) is 15.2 Å². The number of aliphatic hydroxyl groups is 1. The van der Waals surface area contributed by atoms with Crippen molar-refractivity contribution < 1.29 is 24.2 Å². The van der Waals surface area contributed by atoms with Crippen LogP contribution in [0.3, 0.4) is 0 Å². The van der Waals surface area contributed by atoms with Crippen LogP contribution in [0.25, 0.3) is 11.1 Å². The molecule has 6 rings (SSSR count). The quantitative estimate of drug-likeness (QED) is 0.0490. The van der Waals surface area contributed by atoms with E-state index in [2.05, 4.69) is 64.6 Å². The van der Waals surface area contributed by atoms with Gasteiger partial charge in [0.2, 0.25) is 11.8 Å². The van der Waals surface area contributed by atoms with Crippen molar-refractivity contribution >= 4 is 23.2 Å². The van der Waals surface area contributed by atoms with Crippen LogP contribution in [0.1, 0.15) is 92.4 Å². The molecule has 4 aromatic rings. The topological polar surface area (TPSA) is 126 Å². The smallest absolute Gasteiger partial charge is 0.224 e. The van der Waals surface area contributed by atoms with E-state index >= 15 is 0 Å². The van der Waals surface area contributed by atoms with Crippen LogP contribution in [0.5, 0.6) is 0 Å². The van der Waals surface area contributed by atoms with Crippen molar-refractivity contribution in [2.24, 2.45) is 0 Å². The number of hydrogen-bond donors (Lipinski definition) is 4. The zero-order valence-electron chi connectivity index (χ0n) is 31.1. The number of benzene rings is 4. The summed E-state index contributed by atoms with van der Waals surface area (Å²) in [4.78, 5) is 27.5. The second-order valence-corrected chi connectivity index (χ2v) is 14.5. The Morgan fingerprint density at radius 3 is 2.30 bits per heavy atom. The molecule has 3 atom stereocenters. The second kappa shape index (κ2) is 19.5. The molecule has 54 heavy (non-hydrogen) atoms. The number of rotatable bonds is 17. The van der Waals surface area contributed by atoms with E-state index in [1.165, 1.54) is 25.7 Å². The molecule has 0 spiro atoms. The molecule has 0 radical (unpaired) electrons. The van der Waals surface area contributed by atoms with Crippen molar-refractivity contribution in [2.45, 2.75) is 95.5 Å². The highest BCUT2D eigenvalue weighted by molar-refractivity contribution is 5.93. The lowest BCUT2D eigenvalue weighted by atomic mass is 9.98. The molecule has 0 aromatic heterocycles. The third-order valence-electron chi connectivity index (χ3n) is 10.5. The zero-order chi connectivity index (χ0) is 37.7. The Labute approximate surface area is 319 Å². The highest BCUT2D eigenvalue weighted by atomic mass is 16.7. The average Bonchev–Trinajstić information content (AvgIpc) is 3.75. The molecule has 2 fully saturated rings. The van der Waals surface area contributed by atoms with Gasteiger partial charge in [0.15, 0.2) is 6.29 Å². The van der Waals surface area contributed by atoms with Crippen molar-refractivity contribution in [3.63, 3.8) is 0 Å². The Kier molecular flexibility index (Phi) is 14.1. The van der Waals surface area contributed by atoms with Gasteiger partial charge in [-0.3, -0.25) is 14.5 Å². The van der Waals surface area contributed by atoms with Gasteiger partial charge in [-0.05, 0) is 77.8 Å². The van der Waals surface area contributed by atoms with Gasteiger partial charge in [0.05, 0.1) is 30.2 Å². The number of anilines is 2. The van der Waals surface area contributed by atoms with Crippen LogP contribution in [0.15, 0.2) is 110 Å². The number of amides is 2. The Balaban J connectivity index is 1.07. The van der Waals surface area contributed by atoms with E-state index in [1.807, 2.05) is 48.5 Å². The number of aliphatic hydroxyl groups excluding tert-OH is 1. The van der Waals surface area contributed by atoms with Crippen LogP contribution in [-0.4, -0.2) is 47.1 Å². The molecule has 2 amide bonds. The minimum Gasteiger partial charge on any atom is -0.397 e. The molecule has 1 saturated heterocycles. The van der Waals surface area contributed by atoms with Gasteiger partial charge in [-0.15, -0.1) is 6.58 Å². The molecule has 3 unspecified atom stereocenters. The largest absolute Gasteiger partial charge is 0.397 e. The van der Waals surface area contributed by atoms with Crippen molar-refractivity contribution in [2.75, 3.05) is 24.1 Å². The number of para-hydroxylation sites is 2. The SMILES string of the molecule is C=CCN(CC1CC(c2ccc(CO)cc2)OC(c2cccc(-c3cccc(CNC(=O)CCCCC(=O)Nc4ccccc4N)c3)c2)O1)C1CCCC1. The van der Waals surface area contributed by atoms with Crippen LogP contribution >= 0.6 is 0 Å². The summed E-state index contributed by atoms with van der Waals surface area (Å²) in [7, 11) is 0. The standard InChI is InChI=1S/C45H54N4O5/c1-2-25-49(38-15-3-4-16-38)30-39-28-42(34-23-21-32(31-50)22-24-34)54-45(53-39)37-14-10-13-36(27-37)35-12-9-11-33(26-35)29-47-43(51)19-7-8-20-44(52)48-41-18-6-5-17-40(41)46/h2,5-6,9-14,17-18,21-24,26-27,38-39,42,45,50H,1,3-4,7-8,15-16,19-20,25,28-31,46H2,(H,47,51)(H,48,52). The highest BCUT2D eigenvalue weighted by Gasteiger charge is 2.34. The number of unbranched alkanes of at least 4 members (excludes halogenated alkanes) is 1. The third kappa shape index (κ3) is 10.9. The molecule has 1 heterocycles. The number of carbonyl (C=O) groups is 2. The summed E-state index contributed by atoms with van der Waals surface area (Å²) in [6.07, 6.45) is 8.85. The molecule has 0 bridgehead atoms. The first-order chi connectivity index (χ1) is 26.4. The lowest BCUT2D eigenvalue weighted by molar-refractivity contribution is -0.253. The monoisotopic (exact) mass is 730 g/mol. The van der Waals surface area contributed by atoms with E-state index in [9.17, 15) is 14.7 Å². The average molecular weight is 731 g/mol. The maximum atomic E-state index is 12.7. The summed E-state index contributed by atoms with van der Waals surface area (Å²) >= 11 is 0. The van der Waals surface area contributed by atoms with Gasteiger partial charge in [-0.25, -0.2) is 0 Å². The van der Waals surface area contributed by atoms with Crippen LogP contribution in [0.2, 0.25) is 0 Å². The fourth-order valence-corrected chi connectivity index (χ4v) is 7.51. The molecule has 9 heteroatoms. The van der Waals surface area contributed by atoms with Crippen LogP contribution < -0.4 is 16.4 Å². The molecule has 1 saturated carbocycles. The normalized spacial score (nSPS) is 18.7. The minimum absolute atomic E-state index is 0.00637. The van der Waals surface area contributed by atoms with Crippen molar-refractivity contribution in [3.05, 3.63) is 132 Å². The number of carbonyl (C=O) groups excluding carboxylic acids is 2. The molecule has 2 aliphatic rings. The Morgan fingerprint density at radius 1 is 0.833 bits per heavy atom. The molecule has 284 valence electrons. The van der Waals surface area contributed by atoms with Crippen molar-refractivity contribution in [1.82, 2.24) is 10.2 Å². The summed E-state index contributed by atoms with van der Waals surface area (Å²) in [5.74, 6) is -0.158. The predicted molar refractivity (Wildman–Crippen MR) is 214 cm³/mol. The van der Waals surface area contributed by atoms with E-state index < -0.39 is 6.29 Å². The molecule has 1 aliphatic heterocycles. The molecule has 4 aromatic carbocycles. The number of nitrogens with zero attached hydrogens (tertiary/aromatic N) is 1. The van der Waals surface area contributed by atoms with Gasteiger partial charge in [0, 0.05) is 50.5 Å². The molecule has 9 nitrogen and oxygen atoms in total. The number of nitrogen functional groups attached to an aromatic ring is 1. The van der Waals surface area contributed by atoms with Crippen molar-refractivity contribution in [1.29, 1.82) is 0 Å². The number of hydrogen-bond acceptors (Lipinski definition) is 7. The van der Waals surface area contributed by atoms with E-state index in [0.29, 0.717) is 49.6 Å². The summed E-state index contributed by atoms with van der Waals surface area (Å²) < 4.78 is 13.5. The lowest BCUT2D eigenvalue weighted by Crippen LogP contribution is -2.43. The van der Waals surface area contributed by atoms with E-state index in [-0.39, 0.29) is 30.6 Å². The Morgan fingerprint density at radius 2 is 1.56 bits per heavy atom. The predicted octanol–water partition coefficient (Wildman–Crippen LogP) is 8.22.